The average Bonchev–Trinajstić information content (AvgIpc) is 2.40. The van der Waals surface area contributed by atoms with E-state index in [4.69, 9.17) is 0 Å². The van der Waals surface area contributed by atoms with Gasteiger partial charge in [-0.25, -0.2) is 9.37 Å². The van der Waals surface area contributed by atoms with Crippen LogP contribution in [0.4, 0.5) is 10.2 Å². The Morgan fingerprint density at radius 2 is 1.84 bits per heavy atom. The van der Waals surface area contributed by atoms with E-state index in [2.05, 4.69) is 14.9 Å². The fourth-order valence-corrected chi connectivity index (χ4v) is 1.94. The van der Waals surface area contributed by atoms with Crippen LogP contribution >= 0.6 is 0 Å². The van der Waals surface area contributed by atoms with E-state index in [-0.39, 0.29) is 5.82 Å². The second-order valence-corrected chi connectivity index (χ2v) is 4.72. The molecule has 0 atom stereocenters. The zero-order valence-electron chi connectivity index (χ0n) is 11.5. The number of aromatic nitrogens is 2. The largest absolute Gasteiger partial charge is 0.358 e. The van der Waals surface area contributed by atoms with Crippen molar-refractivity contribution in [1.29, 1.82) is 0 Å². The summed E-state index contributed by atoms with van der Waals surface area (Å²) in [6.07, 6.45) is 2.62. The van der Waals surface area contributed by atoms with Gasteiger partial charge in [0.1, 0.15) is 11.6 Å². The first-order valence-electron chi connectivity index (χ1n) is 6.32. The molecule has 1 aromatic heterocycles. The molecule has 0 aliphatic carbocycles. The molecule has 0 N–H and O–H groups in total. The molecule has 3 nitrogen and oxygen atoms in total. The summed E-state index contributed by atoms with van der Waals surface area (Å²) in [5.41, 5.74) is 2.95. The quantitative estimate of drug-likeness (QED) is 0.845. The lowest BCUT2D eigenvalue weighted by Crippen LogP contribution is -2.23. The van der Waals surface area contributed by atoms with Gasteiger partial charge in [-0.3, -0.25) is 4.98 Å². The SMILES string of the molecule is Cc1cnc(C)c(N(C)CCc2ccc(F)cc2)n1. The predicted molar refractivity (Wildman–Crippen MR) is 74.9 cm³/mol. The Balaban J connectivity index is 2.03. The van der Waals surface area contributed by atoms with Crippen LogP contribution in [0.5, 0.6) is 0 Å². The second kappa shape index (κ2) is 5.78. The molecule has 0 unspecified atom stereocenters. The Kier molecular flexibility index (Phi) is 4.10. The van der Waals surface area contributed by atoms with Gasteiger partial charge in [-0.2, -0.15) is 0 Å². The number of benzene rings is 1. The number of anilines is 1. The van der Waals surface area contributed by atoms with Gasteiger partial charge in [-0.05, 0) is 38.0 Å². The third-order valence-corrected chi connectivity index (χ3v) is 3.06. The number of halogens is 1. The standard InChI is InChI=1S/C15H18FN3/c1-11-10-17-12(2)15(18-11)19(3)9-8-13-4-6-14(16)7-5-13/h4-7,10H,8-9H2,1-3H3. The van der Waals surface area contributed by atoms with Gasteiger partial charge in [0.25, 0.3) is 0 Å². The van der Waals surface area contributed by atoms with E-state index in [9.17, 15) is 4.39 Å². The maximum Gasteiger partial charge on any atom is 0.150 e. The van der Waals surface area contributed by atoms with Crippen LogP contribution in [-0.4, -0.2) is 23.6 Å². The van der Waals surface area contributed by atoms with E-state index < -0.39 is 0 Å². The molecular formula is C15H18FN3. The molecule has 0 saturated heterocycles. The van der Waals surface area contributed by atoms with Crippen molar-refractivity contribution in [2.75, 3.05) is 18.5 Å². The first-order chi connectivity index (χ1) is 9.06. The molecule has 4 heteroatoms. The molecule has 0 aliphatic heterocycles. The van der Waals surface area contributed by atoms with E-state index in [0.717, 1.165) is 35.7 Å². The van der Waals surface area contributed by atoms with E-state index in [1.54, 1.807) is 6.20 Å². The van der Waals surface area contributed by atoms with Crippen LogP contribution in [-0.2, 0) is 6.42 Å². The van der Waals surface area contributed by atoms with Crippen LogP contribution in [0.1, 0.15) is 17.0 Å². The Labute approximate surface area is 113 Å². The first kappa shape index (κ1) is 13.5. The highest BCUT2D eigenvalue weighted by molar-refractivity contribution is 5.42. The zero-order chi connectivity index (χ0) is 13.8. The van der Waals surface area contributed by atoms with Gasteiger partial charge in [-0.1, -0.05) is 12.1 Å². The van der Waals surface area contributed by atoms with Crippen molar-refractivity contribution >= 4 is 5.82 Å². The summed E-state index contributed by atoms with van der Waals surface area (Å²) in [7, 11) is 2.00. The molecule has 0 saturated carbocycles. The molecule has 1 aromatic carbocycles. The number of aryl methyl sites for hydroxylation is 2. The van der Waals surface area contributed by atoms with E-state index in [1.807, 2.05) is 33.0 Å². The molecule has 0 fully saturated rings. The van der Waals surface area contributed by atoms with Crippen LogP contribution < -0.4 is 4.90 Å². The van der Waals surface area contributed by atoms with Gasteiger partial charge < -0.3 is 4.90 Å². The summed E-state index contributed by atoms with van der Waals surface area (Å²) >= 11 is 0. The lowest BCUT2D eigenvalue weighted by atomic mass is 10.1. The van der Waals surface area contributed by atoms with Crippen molar-refractivity contribution in [1.82, 2.24) is 9.97 Å². The van der Waals surface area contributed by atoms with Gasteiger partial charge in [-0.15, -0.1) is 0 Å². The third-order valence-electron chi connectivity index (χ3n) is 3.06. The Hall–Kier alpha value is -1.97. The van der Waals surface area contributed by atoms with Crippen molar-refractivity contribution in [2.45, 2.75) is 20.3 Å². The molecule has 0 aliphatic rings. The van der Waals surface area contributed by atoms with Crippen LogP contribution in [0.15, 0.2) is 30.5 Å². The average molecular weight is 259 g/mol. The van der Waals surface area contributed by atoms with Gasteiger partial charge in [0, 0.05) is 19.8 Å². The van der Waals surface area contributed by atoms with Crippen LogP contribution in [0.25, 0.3) is 0 Å². The minimum Gasteiger partial charge on any atom is -0.358 e. The van der Waals surface area contributed by atoms with Crippen LogP contribution in [0.3, 0.4) is 0 Å². The minimum absolute atomic E-state index is 0.197. The van der Waals surface area contributed by atoms with Crippen LogP contribution in [0, 0.1) is 19.7 Å². The first-order valence-corrected chi connectivity index (χ1v) is 6.32. The van der Waals surface area contributed by atoms with E-state index in [0.29, 0.717) is 0 Å². The highest BCUT2D eigenvalue weighted by Crippen LogP contribution is 2.14. The van der Waals surface area contributed by atoms with Gasteiger partial charge in [0.05, 0.1) is 11.4 Å². The molecule has 2 aromatic rings. The Morgan fingerprint density at radius 3 is 2.53 bits per heavy atom. The predicted octanol–water partition coefficient (Wildman–Crippen LogP) is 2.91. The molecule has 19 heavy (non-hydrogen) atoms. The molecule has 2 rings (SSSR count). The number of nitrogens with zero attached hydrogens (tertiary/aromatic N) is 3. The van der Waals surface area contributed by atoms with Crippen molar-refractivity contribution in [2.24, 2.45) is 0 Å². The highest BCUT2D eigenvalue weighted by atomic mass is 19.1. The van der Waals surface area contributed by atoms with Gasteiger partial charge in [0.2, 0.25) is 0 Å². The maximum atomic E-state index is 12.8. The summed E-state index contributed by atoms with van der Waals surface area (Å²) in [5.74, 6) is 0.708. The van der Waals surface area contributed by atoms with Crippen LogP contribution in [0.2, 0.25) is 0 Å². The molecular weight excluding hydrogens is 241 g/mol. The van der Waals surface area contributed by atoms with Gasteiger partial charge >= 0.3 is 0 Å². The summed E-state index contributed by atoms with van der Waals surface area (Å²) in [4.78, 5) is 10.9. The minimum atomic E-state index is -0.197. The summed E-state index contributed by atoms with van der Waals surface area (Å²) in [6, 6.07) is 6.62. The summed E-state index contributed by atoms with van der Waals surface area (Å²) in [5, 5.41) is 0. The number of likely N-dealkylation sites (N-methyl/N-ethyl adjacent to an activating group) is 1. The van der Waals surface area contributed by atoms with E-state index in [1.165, 1.54) is 12.1 Å². The summed E-state index contributed by atoms with van der Waals surface area (Å²) in [6.45, 7) is 4.71. The Morgan fingerprint density at radius 1 is 1.16 bits per heavy atom. The number of rotatable bonds is 4. The van der Waals surface area contributed by atoms with Crippen molar-refractivity contribution in [3.63, 3.8) is 0 Å². The normalized spacial score (nSPS) is 10.5. The van der Waals surface area contributed by atoms with Gasteiger partial charge in [0.15, 0.2) is 0 Å². The highest BCUT2D eigenvalue weighted by Gasteiger charge is 2.07. The fraction of sp³-hybridized carbons (Fsp3) is 0.333. The fourth-order valence-electron chi connectivity index (χ4n) is 1.94. The molecule has 0 radical (unpaired) electrons. The topological polar surface area (TPSA) is 29.0 Å². The molecule has 1 heterocycles. The smallest absolute Gasteiger partial charge is 0.150 e. The Bertz CT molecular complexity index is 552. The third kappa shape index (κ3) is 3.50. The van der Waals surface area contributed by atoms with Crippen molar-refractivity contribution < 1.29 is 4.39 Å². The number of hydrogen-bond acceptors (Lipinski definition) is 3. The molecule has 100 valence electrons. The number of hydrogen-bond donors (Lipinski definition) is 0. The van der Waals surface area contributed by atoms with E-state index >= 15 is 0 Å². The summed E-state index contributed by atoms with van der Waals surface area (Å²) < 4.78 is 12.8. The lowest BCUT2D eigenvalue weighted by molar-refractivity contribution is 0.627. The molecule has 0 amide bonds. The van der Waals surface area contributed by atoms with Crippen molar-refractivity contribution in [3.8, 4) is 0 Å². The molecule has 0 bridgehead atoms. The lowest BCUT2D eigenvalue weighted by Gasteiger charge is -2.20. The van der Waals surface area contributed by atoms with Crippen molar-refractivity contribution in [3.05, 3.63) is 53.2 Å². The monoisotopic (exact) mass is 259 g/mol. The molecule has 0 spiro atoms. The maximum absolute atomic E-state index is 12.8. The second-order valence-electron chi connectivity index (χ2n) is 4.72. The zero-order valence-corrected chi connectivity index (χ0v) is 11.5.